The van der Waals surface area contributed by atoms with Crippen molar-refractivity contribution in [1.29, 1.82) is 0 Å². The van der Waals surface area contributed by atoms with Crippen LogP contribution in [0.1, 0.15) is 53.3 Å². The van der Waals surface area contributed by atoms with Gasteiger partial charge in [0.25, 0.3) is 11.5 Å². The van der Waals surface area contributed by atoms with Gasteiger partial charge in [-0.1, -0.05) is 6.07 Å². The van der Waals surface area contributed by atoms with E-state index in [4.69, 9.17) is 4.74 Å². The third kappa shape index (κ3) is 3.46. The van der Waals surface area contributed by atoms with Gasteiger partial charge in [-0.15, -0.1) is 0 Å². The predicted octanol–water partition coefficient (Wildman–Crippen LogP) is 2.71. The molecule has 0 unspecified atom stereocenters. The van der Waals surface area contributed by atoms with Crippen LogP contribution in [0.3, 0.4) is 0 Å². The van der Waals surface area contributed by atoms with Gasteiger partial charge in [0.15, 0.2) is 0 Å². The molecule has 0 spiro atoms. The molecule has 3 aromatic rings. The number of fused-ring (bicyclic) bond motifs is 2. The van der Waals surface area contributed by atoms with E-state index in [1.54, 1.807) is 10.7 Å². The molecule has 150 valence electrons. The van der Waals surface area contributed by atoms with E-state index in [0.717, 1.165) is 54.3 Å². The molecule has 29 heavy (non-hydrogen) atoms. The third-order valence-corrected chi connectivity index (χ3v) is 6.08. The number of H-pyrrole nitrogens is 1. The number of aromatic nitrogens is 3. The SMILES string of the molecule is O=C(NC1CCC(n2nc3c(cc2=O)COCC3)CC1)c1cccc2[nH]ccc12. The Balaban J connectivity index is 1.26. The Hall–Kier alpha value is -2.93. The first kappa shape index (κ1) is 18.1. The second-order valence-corrected chi connectivity index (χ2v) is 7.93. The number of benzene rings is 1. The minimum Gasteiger partial charge on any atom is -0.376 e. The zero-order valence-corrected chi connectivity index (χ0v) is 16.2. The van der Waals surface area contributed by atoms with Gasteiger partial charge in [0.05, 0.1) is 24.9 Å². The Morgan fingerprint density at radius 3 is 2.93 bits per heavy atom. The first-order chi connectivity index (χ1) is 14.2. The molecule has 2 aliphatic rings. The maximum absolute atomic E-state index is 12.8. The summed E-state index contributed by atoms with van der Waals surface area (Å²) < 4.78 is 7.07. The number of carbonyl (C=O) groups excluding carboxylic acids is 1. The molecule has 1 fully saturated rings. The maximum atomic E-state index is 12.8. The number of hydrogen-bond donors (Lipinski definition) is 2. The van der Waals surface area contributed by atoms with Crippen molar-refractivity contribution in [3.05, 3.63) is 63.7 Å². The van der Waals surface area contributed by atoms with Crippen molar-refractivity contribution in [3.63, 3.8) is 0 Å². The summed E-state index contributed by atoms with van der Waals surface area (Å²) in [5.74, 6) is -0.0391. The largest absolute Gasteiger partial charge is 0.376 e. The molecule has 1 amide bonds. The Morgan fingerprint density at radius 2 is 2.07 bits per heavy atom. The van der Waals surface area contributed by atoms with E-state index in [-0.39, 0.29) is 23.6 Å². The molecule has 0 radical (unpaired) electrons. The van der Waals surface area contributed by atoms with Crippen molar-refractivity contribution >= 4 is 16.8 Å². The van der Waals surface area contributed by atoms with Gasteiger partial charge in [-0.2, -0.15) is 5.10 Å². The Kier molecular flexibility index (Phi) is 4.67. The molecule has 2 N–H and O–H groups in total. The topological polar surface area (TPSA) is 89.0 Å². The Labute approximate surface area is 168 Å². The highest BCUT2D eigenvalue weighted by atomic mass is 16.5. The van der Waals surface area contributed by atoms with Gasteiger partial charge in [0.1, 0.15) is 0 Å². The highest BCUT2D eigenvalue weighted by molar-refractivity contribution is 6.06. The van der Waals surface area contributed by atoms with Crippen molar-refractivity contribution in [1.82, 2.24) is 20.1 Å². The van der Waals surface area contributed by atoms with Gasteiger partial charge in [-0.05, 0) is 43.9 Å². The average Bonchev–Trinajstić information content (AvgIpc) is 3.23. The summed E-state index contributed by atoms with van der Waals surface area (Å²) in [6.07, 6.45) is 5.96. The highest BCUT2D eigenvalue weighted by Crippen LogP contribution is 2.28. The standard InChI is InChI=1S/C22H24N4O3/c27-21-12-14-13-29-11-9-19(14)25-26(21)16-6-4-15(5-7-16)24-22(28)18-2-1-3-20-17(18)8-10-23-20/h1-3,8,10,12,15-16,23H,4-7,9,11,13H2,(H,24,28). The van der Waals surface area contributed by atoms with E-state index in [2.05, 4.69) is 15.4 Å². The summed E-state index contributed by atoms with van der Waals surface area (Å²) in [6, 6.07) is 9.54. The lowest BCUT2D eigenvalue weighted by molar-refractivity contribution is 0.0922. The van der Waals surface area contributed by atoms with Crippen molar-refractivity contribution in [2.45, 2.75) is 50.8 Å². The lowest BCUT2D eigenvalue weighted by atomic mass is 9.91. The van der Waals surface area contributed by atoms with Crippen LogP contribution < -0.4 is 10.9 Å². The van der Waals surface area contributed by atoms with Gasteiger partial charge < -0.3 is 15.0 Å². The number of ether oxygens (including phenoxy) is 1. The highest BCUT2D eigenvalue weighted by Gasteiger charge is 2.26. The van der Waals surface area contributed by atoms with Crippen LogP contribution in [-0.2, 0) is 17.8 Å². The summed E-state index contributed by atoms with van der Waals surface area (Å²) >= 11 is 0. The van der Waals surface area contributed by atoms with Crippen molar-refractivity contribution < 1.29 is 9.53 Å². The second kappa shape index (κ2) is 7.48. The van der Waals surface area contributed by atoms with E-state index in [1.165, 1.54) is 0 Å². The van der Waals surface area contributed by atoms with Crippen molar-refractivity contribution in [2.75, 3.05) is 6.61 Å². The molecule has 0 saturated heterocycles. The molecular formula is C22H24N4O3. The lowest BCUT2D eigenvalue weighted by Crippen LogP contribution is -2.40. The van der Waals surface area contributed by atoms with E-state index < -0.39 is 0 Å². The van der Waals surface area contributed by atoms with Crippen molar-refractivity contribution in [3.8, 4) is 0 Å². The third-order valence-electron chi connectivity index (χ3n) is 6.08. The first-order valence-electron chi connectivity index (χ1n) is 10.3. The number of nitrogens with zero attached hydrogens (tertiary/aromatic N) is 2. The maximum Gasteiger partial charge on any atom is 0.267 e. The number of nitrogens with one attached hydrogen (secondary N) is 2. The van der Waals surface area contributed by atoms with Gasteiger partial charge in [-0.25, -0.2) is 4.68 Å². The second-order valence-electron chi connectivity index (χ2n) is 7.93. The smallest absolute Gasteiger partial charge is 0.267 e. The number of hydrogen-bond acceptors (Lipinski definition) is 4. The fraction of sp³-hybridized carbons (Fsp3) is 0.409. The summed E-state index contributed by atoms with van der Waals surface area (Å²) in [5, 5.41) is 8.75. The molecule has 0 bridgehead atoms. The van der Waals surface area contributed by atoms with E-state index >= 15 is 0 Å². The van der Waals surface area contributed by atoms with E-state index in [0.29, 0.717) is 18.8 Å². The quantitative estimate of drug-likeness (QED) is 0.717. The Morgan fingerprint density at radius 1 is 1.21 bits per heavy atom. The van der Waals surface area contributed by atoms with Gasteiger partial charge in [0, 0.05) is 46.8 Å². The van der Waals surface area contributed by atoms with E-state index in [1.807, 2.05) is 30.5 Å². The monoisotopic (exact) mass is 392 g/mol. The molecule has 5 rings (SSSR count). The van der Waals surface area contributed by atoms with Crippen LogP contribution in [-0.4, -0.2) is 33.3 Å². The molecule has 1 aromatic carbocycles. The predicted molar refractivity (Wildman–Crippen MR) is 109 cm³/mol. The molecule has 7 heteroatoms. The number of aromatic amines is 1. The fourth-order valence-electron chi connectivity index (χ4n) is 4.50. The minimum atomic E-state index is -0.0547. The van der Waals surface area contributed by atoms with E-state index in [9.17, 15) is 9.59 Å². The molecule has 1 aliphatic carbocycles. The van der Waals surface area contributed by atoms with Crippen LogP contribution in [0.2, 0.25) is 0 Å². The zero-order chi connectivity index (χ0) is 19.8. The minimum absolute atomic E-state index is 0.0391. The molecule has 0 atom stereocenters. The molecule has 1 aliphatic heterocycles. The molecular weight excluding hydrogens is 368 g/mol. The molecule has 1 saturated carbocycles. The number of amides is 1. The summed E-state index contributed by atoms with van der Waals surface area (Å²) in [7, 11) is 0. The van der Waals surface area contributed by atoms with Crippen LogP contribution in [0.15, 0.2) is 41.3 Å². The average molecular weight is 392 g/mol. The molecule has 7 nitrogen and oxygen atoms in total. The van der Waals surface area contributed by atoms with Crippen LogP contribution in [0.25, 0.3) is 10.9 Å². The van der Waals surface area contributed by atoms with Crippen molar-refractivity contribution in [2.24, 2.45) is 0 Å². The fourth-order valence-corrected chi connectivity index (χ4v) is 4.50. The van der Waals surface area contributed by atoms with Crippen LogP contribution in [0.4, 0.5) is 0 Å². The molecule has 3 heterocycles. The Bertz CT molecular complexity index is 1110. The first-order valence-corrected chi connectivity index (χ1v) is 10.3. The normalized spacial score (nSPS) is 21.7. The van der Waals surface area contributed by atoms with Gasteiger partial charge in [0.2, 0.25) is 0 Å². The zero-order valence-electron chi connectivity index (χ0n) is 16.2. The summed E-state index contributed by atoms with van der Waals surface area (Å²) in [5.41, 5.74) is 3.49. The summed E-state index contributed by atoms with van der Waals surface area (Å²) in [4.78, 5) is 28.4. The summed E-state index contributed by atoms with van der Waals surface area (Å²) in [6.45, 7) is 1.13. The van der Waals surface area contributed by atoms with Crippen LogP contribution >= 0.6 is 0 Å². The lowest BCUT2D eigenvalue weighted by Gasteiger charge is -2.30. The van der Waals surface area contributed by atoms with Gasteiger partial charge >= 0.3 is 0 Å². The number of rotatable bonds is 3. The van der Waals surface area contributed by atoms with Gasteiger partial charge in [-0.3, -0.25) is 9.59 Å². The van der Waals surface area contributed by atoms with Crippen LogP contribution in [0, 0.1) is 0 Å². The molecule has 2 aromatic heterocycles. The van der Waals surface area contributed by atoms with Crippen LogP contribution in [0.5, 0.6) is 0 Å². The number of carbonyl (C=O) groups is 1.